The molecule has 0 bridgehead atoms. The quantitative estimate of drug-likeness (QED) is 0.808. The summed E-state index contributed by atoms with van der Waals surface area (Å²) in [7, 11) is 1.58. The Kier molecular flexibility index (Phi) is 4.61. The van der Waals surface area contributed by atoms with E-state index < -0.39 is 5.97 Å². The van der Waals surface area contributed by atoms with Gasteiger partial charge >= 0.3 is 5.97 Å². The van der Waals surface area contributed by atoms with Crippen LogP contribution in [-0.2, 0) is 0 Å². The molecule has 2 rings (SSSR count). The van der Waals surface area contributed by atoms with Crippen molar-refractivity contribution in [1.82, 2.24) is 4.98 Å². The molecule has 1 aromatic heterocycles. The van der Waals surface area contributed by atoms with Gasteiger partial charge in [0.1, 0.15) is 11.6 Å². The highest BCUT2D eigenvalue weighted by atomic mass is 79.9. The monoisotopic (exact) mass is 400 g/mol. The van der Waals surface area contributed by atoms with Gasteiger partial charge in [-0.3, -0.25) is 0 Å². The molecule has 0 amide bonds. The zero-order valence-electron chi connectivity index (χ0n) is 10.4. The van der Waals surface area contributed by atoms with Gasteiger partial charge in [0.25, 0.3) is 0 Å². The zero-order valence-corrected chi connectivity index (χ0v) is 13.5. The molecule has 0 saturated carbocycles. The van der Waals surface area contributed by atoms with E-state index in [-0.39, 0.29) is 5.56 Å². The standard InChI is InChI=1S/C13H10Br2N2O3/c1-20-11-5-10(8(14)4-9(11)15)17-12-3-2-7(6-16-12)13(18)19/h2-6H,1H3,(H,16,17)(H,18,19). The van der Waals surface area contributed by atoms with Gasteiger partial charge in [0.05, 0.1) is 22.8 Å². The van der Waals surface area contributed by atoms with Crippen molar-refractivity contribution < 1.29 is 14.6 Å². The summed E-state index contributed by atoms with van der Waals surface area (Å²) in [5, 5.41) is 11.9. The van der Waals surface area contributed by atoms with Crippen molar-refractivity contribution in [2.45, 2.75) is 0 Å². The second kappa shape index (κ2) is 6.23. The van der Waals surface area contributed by atoms with E-state index in [1.54, 1.807) is 19.2 Å². The van der Waals surface area contributed by atoms with Crippen LogP contribution in [0.25, 0.3) is 0 Å². The number of carbonyl (C=O) groups is 1. The number of aromatic carboxylic acids is 1. The molecule has 0 fully saturated rings. The van der Waals surface area contributed by atoms with Crippen LogP contribution >= 0.6 is 31.9 Å². The van der Waals surface area contributed by atoms with E-state index >= 15 is 0 Å². The van der Waals surface area contributed by atoms with E-state index in [9.17, 15) is 4.79 Å². The predicted octanol–water partition coefficient (Wildman–Crippen LogP) is 4.06. The summed E-state index contributed by atoms with van der Waals surface area (Å²) < 4.78 is 6.88. The van der Waals surface area contributed by atoms with Gasteiger partial charge in [-0.25, -0.2) is 9.78 Å². The van der Waals surface area contributed by atoms with Crippen molar-refractivity contribution in [3.05, 3.63) is 45.0 Å². The molecule has 2 aromatic rings. The number of hydrogen-bond acceptors (Lipinski definition) is 4. The second-order valence-corrected chi connectivity index (χ2v) is 5.54. The Morgan fingerprint density at radius 1 is 1.30 bits per heavy atom. The van der Waals surface area contributed by atoms with Crippen LogP contribution in [-0.4, -0.2) is 23.2 Å². The summed E-state index contributed by atoms with van der Waals surface area (Å²) >= 11 is 6.82. The average Bonchev–Trinajstić information content (AvgIpc) is 2.42. The molecule has 0 atom stereocenters. The summed E-state index contributed by atoms with van der Waals surface area (Å²) in [4.78, 5) is 14.8. The van der Waals surface area contributed by atoms with Gasteiger partial charge < -0.3 is 15.2 Å². The predicted molar refractivity (Wildman–Crippen MR) is 82.9 cm³/mol. The molecule has 0 aliphatic rings. The van der Waals surface area contributed by atoms with Gasteiger partial charge in [-0.15, -0.1) is 0 Å². The number of hydrogen-bond donors (Lipinski definition) is 2. The van der Waals surface area contributed by atoms with E-state index in [0.29, 0.717) is 11.6 Å². The molecular weight excluding hydrogens is 392 g/mol. The molecule has 0 radical (unpaired) electrons. The third kappa shape index (κ3) is 3.29. The fourth-order valence-corrected chi connectivity index (χ4v) is 2.77. The average molecular weight is 402 g/mol. The molecule has 0 spiro atoms. The number of benzene rings is 1. The number of methoxy groups -OCH3 is 1. The Morgan fingerprint density at radius 3 is 2.60 bits per heavy atom. The number of ether oxygens (including phenoxy) is 1. The number of anilines is 2. The van der Waals surface area contributed by atoms with E-state index in [2.05, 4.69) is 42.2 Å². The highest BCUT2D eigenvalue weighted by Crippen LogP contribution is 2.35. The van der Waals surface area contributed by atoms with Crippen LogP contribution in [0.2, 0.25) is 0 Å². The van der Waals surface area contributed by atoms with Crippen LogP contribution in [0, 0.1) is 0 Å². The molecular formula is C13H10Br2N2O3. The van der Waals surface area contributed by atoms with Crippen molar-refractivity contribution >= 4 is 49.3 Å². The fourth-order valence-electron chi connectivity index (χ4n) is 1.51. The molecule has 0 unspecified atom stereocenters. The van der Waals surface area contributed by atoms with Gasteiger partial charge in [0, 0.05) is 16.7 Å². The van der Waals surface area contributed by atoms with Gasteiger partial charge in [-0.05, 0) is 50.1 Å². The molecule has 1 aromatic carbocycles. The number of carboxylic acids is 1. The Bertz CT molecular complexity index is 645. The Morgan fingerprint density at radius 2 is 2.05 bits per heavy atom. The van der Waals surface area contributed by atoms with Crippen LogP contribution in [0.3, 0.4) is 0 Å². The van der Waals surface area contributed by atoms with E-state index in [1.807, 2.05) is 6.07 Å². The fraction of sp³-hybridized carbons (Fsp3) is 0.0769. The number of nitrogens with one attached hydrogen (secondary N) is 1. The molecule has 0 aliphatic carbocycles. The lowest BCUT2D eigenvalue weighted by Gasteiger charge is -2.11. The normalized spacial score (nSPS) is 10.2. The Labute approximate surface area is 132 Å². The van der Waals surface area contributed by atoms with Crippen molar-refractivity contribution in [2.75, 3.05) is 12.4 Å². The number of rotatable bonds is 4. The smallest absolute Gasteiger partial charge is 0.337 e. The van der Waals surface area contributed by atoms with Gasteiger partial charge in [-0.1, -0.05) is 0 Å². The van der Waals surface area contributed by atoms with Gasteiger partial charge in [-0.2, -0.15) is 0 Å². The van der Waals surface area contributed by atoms with Crippen molar-refractivity contribution in [1.29, 1.82) is 0 Å². The summed E-state index contributed by atoms with van der Waals surface area (Å²) in [6.45, 7) is 0. The number of nitrogens with zero attached hydrogens (tertiary/aromatic N) is 1. The van der Waals surface area contributed by atoms with Crippen molar-refractivity contribution in [2.24, 2.45) is 0 Å². The van der Waals surface area contributed by atoms with Crippen molar-refractivity contribution in [3.63, 3.8) is 0 Å². The number of halogens is 2. The van der Waals surface area contributed by atoms with E-state index in [0.717, 1.165) is 14.6 Å². The highest BCUT2D eigenvalue weighted by Gasteiger charge is 2.09. The summed E-state index contributed by atoms with van der Waals surface area (Å²) in [5.74, 6) is 0.216. The molecule has 0 saturated heterocycles. The highest BCUT2D eigenvalue weighted by molar-refractivity contribution is 9.11. The summed E-state index contributed by atoms with van der Waals surface area (Å²) in [6, 6.07) is 6.75. The Balaban J connectivity index is 2.27. The van der Waals surface area contributed by atoms with Crippen LogP contribution in [0.4, 0.5) is 11.5 Å². The first-order chi connectivity index (χ1) is 9.51. The largest absolute Gasteiger partial charge is 0.495 e. The van der Waals surface area contributed by atoms with Crippen LogP contribution in [0.1, 0.15) is 10.4 Å². The molecule has 1 heterocycles. The molecule has 0 aliphatic heterocycles. The number of carboxylic acid groups (broad SMARTS) is 1. The minimum Gasteiger partial charge on any atom is -0.495 e. The number of pyridine rings is 1. The molecule has 104 valence electrons. The van der Waals surface area contributed by atoms with Crippen LogP contribution in [0.15, 0.2) is 39.4 Å². The van der Waals surface area contributed by atoms with Gasteiger partial charge in [0.2, 0.25) is 0 Å². The van der Waals surface area contributed by atoms with Crippen LogP contribution in [0.5, 0.6) is 5.75 Å². The Hall–Kier alpha value is -1.60. The lowest BCUT2D eigenvalue weighted by molar-refractivity contribution is 0.0696. The maximum atomic E-state index is 10.8. The SMILES string of the molecule is COc1cc(Nc2ccc(C(=O)O)cn2)c(Br)cc1Br. The van der Waals surface area contributed by atoms with Crippen LogP contribution < -0.4 is 10.1 Å². The van der Waals surface area contributed by atoms with E-state index in [1.165, 1.54) is 12.3 Å². The lowest BCUT2D eigenvalue weighted by Crippen LogP contribution is -2.00. The lowest BCUT2D eigenvalue weighted by atomic mass is 10.2. The van der Waals surface area contributed by atoms with Gasteiger partial charge in [0.15, 0.2) is 0 Å². The number of aromatic nitrogens is 1. The maximum Gasteiger partial charge on any atom is 0.337 e. The first-order valence-electron chi connectivity index (χ1n) is 5.50. The third-order valence-corrected chi connectivity index (χ3v) is 3.79. The summed E-state index contributed by atoms with van der Waals surface area (Å²) in [6.07, 6.45) is 1.30. The van der Waals surface area contributed by atoms with Crippen molar-refractivity contribution in [3.8, 4) is 5.75 Å². The molecule has 2 N–H and O–H groups in total. The minimum absolute atomic E-state index is 0.142. The first kappa shape index (κ1) is 14.8. The summed E-state index contributed by atoms with van der Waals surface area (Å²) in [5.41, 5.74) is 0.906. The topological polar surface area (TPSA) is 71.5 Å². The maximum absolute atomic E-state index is 10.8. The molecule has 20 heavy (non-hydrogen) atoms. The first-order valence-corrected chi connectivity index (χ1v) is 7.09. The van der Waals surface area contributed by atoms with E-state index in [4.69, 9.17) is 9.84 Å². The third-order valence-electron chi connectivity index (χ3n) is 2.51. The molecule has 7 heteroatoms. The zero-order chi connectivity index (χ0) is 14.7. The molecule has 5 nitrogen and oxygen atoms in total. The minimum atomic E-state index is -1.00. The second-order valence-electron chi connectivity index (χ2n) is 3.83.